The van der Waals surface area contributed by atoms with Gasteiger partial charge in [-0.25, -0.2) is 0 Å². The topological polar surface area (TPSA) is 98.7 Å². The quantitative estimate of drug-likeness (QED) is 0.735. The van der Waals surface area contributed by atoms with Crippen molar-refractivity contribution in [2.75, 3.05) is 0 Å². The number of benzene rings is 1. The summed E-state index contributed by atoms with van der Waals surface area (Å²) in [6, 6.07) is 11.0. The van der Waals surface area contributed by atoms with E-state index in [1.54, 1.807) is 10.7 Å². The van der Waals surface area contributed by atoms with Gasteiger partial charge >= 0.3 is 0 Å². The highest BCUT2D eigenvalue weighted by atomic mass is 35.5. The summed E-state index contributed by atoms with van der Waals surface area (Å²) in [5.41, 5.74) is 0.832. The van der Waals surface area contributed by atoms with Crippen LogP contribution in [0.1, 0.15) is 18.0 Å². The van der Waals surface area contributed by atoms with Gasteiger partial charge in [-0.3, -0.25) is 4.79 Å². The molecule has 0 atom stereocenters. The third kappa shape index (κ3) is 3.92. The molecule has 2 aromatic heterocycles. The highest BCUT2D eigenvalue weighted by Gasteiger charge is 2.11. The lowest BCUT2D eigenvalue weighted by Gasteiger charge is -2.05. The van der Waals surface area contributed by atoms with Crippen LogP contribution >= 0.6 is 11.6 Å². The molecular weight excluding hydrogens is 320 g/mol. The lowest BCUT2D eigenvalue weighted by atomic mass is 10.2. The number of nitrogens with zero attached hydrogens (tertiary/aromatic N) is 5. The molecule has 0 spiro atoms. The van der Waals surface area contributed by atoms with E-state index in [9.17, 15) is 4.79 Å². The first-order valence-corrected chi connectivity index (χ1v) is 7.30. The molecule has 23 heavy (non-hydrogen) atoms. The van der Waals surface area contributed by atoms with Gasteiger partial charge in [-0.2, -0.15) is 4.68 Å². The molecule has 0 unspecified atom stereocenters. The first-order chi connectivity index (χ1) is 11.2. The smallest absolute Gasteiger partial charge is 0.220 e. The minimum atomic E-state index is -0.139. The van der Waals surface area contributed by atoms with E-state index in [0.29, 0.717) is 18.0 Å². The van der Waals surface area contributed by atoms with Gasteiger partial charge in [0, 0.05) is 18.9 Å². The number of carbonyl (C=O) groups excluding carboxylic acids is 1. The summed E-state index contributed by atoms with van der Waals surface area (Å²) in [5, 5.41) is 18.1. The van der Waals surface area contributed by atoms with Crippen molar-refractivity contribution < 1.29 is 9.32 Å². The van der Waals surface area contributed by atoms with Crippen molar-refractivity contribution in [3.05, 3.63) is 53.1 Å². The molecule has 3 aromatic rings. The number of hydrogen-bond acceptors (Lipinski definition) is 6. The van der Waals surface area contributed by atoms with Crippen molar-refractivity contribution in [1.29, 1.82) is 0 Å². The molecule has 118 valence electrons. The van der Waals surface area contributed by atoms with E-state index in [-0.39, 0.29) is 24.0 Å². The van der Waals surface area contributed by atoms with Crippen LogP contribution in [0.25, 0.3) is 5.69 Å². The number of halogens is 1. The van der Waals surface area contributed by atoms with Crippen LogP contribution in [0, 0.1) is 0 Å². The predicted molar refractivity (Wildman–Crippen MR) is 80.8 cm³/mol. The van der Waals surface area contributed by atoms with E-state index in [4.69, 9.17) is 16.1 Å². The molecule has 0 saturated heterocycles. The van der Waals surface area contributed by atoms with E-state index in [1.807, 2.05) is 30.3 Å². The molecule has 1 aromatic carbocycles. The van der Waals surface area contributed by atoms with Crippen molar-refractivity contribution in [3.8, 4) is 5.69 Å². The SMILES string of the molecule is O=C(CCc1cc(Cl)no1)NCc1nnnn1-c1ccccc1. The molecule has 0 aliphatic carbocycles. The number of aromatic nitrogens is 5. The van der Waals surface area contributed by atoms with Gasteiger partial charge in [0.05, 0.1) is 12.2 Å². The fourth-order valence-electron chi connectivity index (χ4n) is 1.99. The maximum absolute atomic E-state index is 11.9. The average molecular weight is 333 g/mol. The second-order valence-electron chi connectivity index (χ2n) is 4.74. The predicted octanol–water partition coefficient (Wildman–Crippen LogP) is 1.55. The van der Waals surface area contributed by atoms with Gasteiger partial charge in [0.2, 0.25) is 5.91 Å². The number of nitrogens with one attached hydrogen (secondary N) is 1. The first-order valence-electron chi connectivity index (χ1n) is 6.93. The lowest BCUT2D eigenvalue weighted by molar-refractivity contribution is -0.121. The zero-order chi connectivity index (χ0) is 16.1. The third-order valence-electron chi connectivity index (χ3n) is 3.11. The Bertz CT molecular complexity index is 785. The Morgan fingerprint density at radius 2 is 2.13 bits per heavy atom. The van der Waals surface area contributed by atoms with Crippen LogP contribution < -0.4 is 5.32 Å². The summed E-state index contributed by atoms with van der Waals surface area (Å²) in [7, 11) is 0. The number of rotatable bonds is 6. The summed E-state index contributed by atoms with van der Waals surface area (Å²) in [6.45, 7) is 0.234. The average Bonchev–Trinajstić information content (AvgIpc) is 3.20. The van der Waals surface area contributed by atoms with Gasteiger partial charge in [0.15, 0.2) is 11.0 Å². The van der Waals surface area contributed by atoms with Crippen LogP contribution in [0.15, 0.2) is 40.9 Å². The maximum Gasteiger partial charge on any atom is 0.220 e. The van der Waals surface area contributed by atoms with E-state index < -0.39 is 0 Å². The maximum atomic E-state index is 11.9. The zero-order valence-electron chi connectivity index (χ0n) is 12.0. The van der Waals surface area contributed by atoms with E-state index >= 15 is 0 Å². The molecule has 9 heteroatoms. The van der Waals surface area contributed by atoms with Gasteiger partial charge in [0.25, 0.3) is 0 Å². The molecule has 0 radical (unpaired) electrons. The largest absolute Gasteiger partial charge is 0.360 e. The Morgan fingerprint density at radius 3 is 2.87 bits per heavy atom. The van der Waals surface area contributed by atoms with Crippen LogP contribution in [0.5, 0.6) is 0 Å². The van der Waals surface area contributed by atoms with E-state index in [0.717, 1.165) is 5.69 Å². The molecule has 8 nitrogen and oxygen atoms in total. The minimum Gasteiger partial charge on any atom is -0.360 e. The molecule has 0 saturated carbocycles. The number of amides is 1. The van der Waals surface area contributed by atoms with Crippen LogP contribution in [-0.4, -0.2) is 31.3 Å². The number of hydrogen-bond donors (Lipinski definition) is 1. The summed E-state index contributed by atoms with van der Waals surface area (Å²) in [5.74, 6) is 0.978. The highest BCUT2D eigenvalue weighted by Crippen LogP contribution is 2.10. The van der Waals surface area contributed by atoms with Crippen LogP contribution in [-0.2, 0) is 17.8 Å². The summed E-state index contributed by atoms with van der Waals surface area (Å²) >= 11 is 5.65. The Labute approximate surface area is 136 Å². The summed E-state index contributed by atoms with van der Waals surface area (Å²) < 4.78 is 6.52. The molecule has 0 bridgehead atoms. The summed E-state index contributed by atoms with van der Waals surface area (Å²) in [6.07, 6.45) is 0.688. The molecule has 0 fully saturated rings. The number of tetrazole rings is 1. The molecule has 0 aliphatic rings. The third-order valence-corrected chi connectivity index (χ3v) is 3.29. The van der Waals surface area contributed by atoms with Gasteiger partial charge in [-0.05, 0) is 22.6 Å². The van der Waals surface area contributed by atoms with E-state index in [1.165, 1.54) is 0 Å². The fourth-order valence-corrected chi connectivity index (χ4v) is 2.15. The lowest BCUT2D eigenvalue weighted by Crippen LogP contribution is -2.24. The number of para-hydroxylation sites is 1. The van der Waals surface area contributed by atoms with Crippen LogP contribution in [0.4, 0.5) is 0 Å². The molecule has 2 heterocycles. The minimum absolute atomic E-state index is 0.139. The Kier molecular flexibility index (Phi) is 4.62. The van der Waals surface area contributed by atoms with Crippen molar-refractivity contribution in [3.63, 3.8) is 0 Å². The standard InChI is InChI=1S/C14H13ClN6O2/c15-12-8-11(23-18-12)6-7-14(22)16-9-13-17-19-20-21(13)10-4-2-1-3-5-10/h1-5,8H,6-7,9H2,(H,16,22). The number of aryl methyl sites for hydroxylation is 1. The van der Waals surface area contributed by atoms with Gasteiger partial charge in [-0.15, -0.1) is 5.10 Å². The Balaban J connectivity index is 1.54. The Morgan fingerprint density at radius 1 is 1.30 bits per heavy atom. The molecule has 3 rings (SSSR count). The second kappa shape index (κ2) is 7.01. The molecule has 1 amide bonds. The van der Waals surface area contributed by atoms with Crippen molar-refractivity contribution in [1.82, 2.24) is 30.7 Å². The molecule has 1 N–H and O–H groups in total. The van der Waals surface area contributed by atoms with Crippen molar-refractivity contribution in [2.24, 2.45) is 0 Å². The van der Waals surface area contributed by atoms with E-state index in [2.05, 4.69) is 26.0 Å². The first kappa shape index (κ1) is 15.2. The van der Waals surface area contributed by atoms with Crippen LogP contribution in [0.2, 0.25) is 5.15 Å². The second-order valence-corrected chi connectivity index (χ2v) is 5.12. The van der Waals surface area contributed by atoms with Crippen molar-refractivity contribution >= 4 is 17.5 Å². The van der Waals surface area contributed by atoms with Gasteiger partial charge in [0.1, 0.15) is 5.76 Å². The fraction of sp³-hybridized carbons (Fsp3) is 0.214. The summed E-state index contributed by atoms with van der Waals surface area (Å²) in [4.78, 5) is 11.9. The highest BCUT2D eigenvalue weighted by molar-refractivity contribution is 6.29. The Hall–Kier alpha value is -2.74. The van der Waals surface area contributed by atoms with Gasteiger partial charge < -0.3 is 9.84 Å². The normalized spacial score (nSPS) is 10.7. The van der Waals surface area contributed by atoms with Crippen LogP contribution in [0.3, 0.4) is 0 Å². The molecule has 0 aliphatic heterocycles. The monoisotopic (exact) mass is 332 g/mol. The number of carbonyl (C=O) groups is 1. The van der Waals surface area contributed by atoms with Crippen molar-refractivity contribution in [2.45, 2.75) is 19.4 Å². The zero-order valence-corrected chi connectivity index (χ0v) is 12.8. The van der Waals surface area contributed by atoms with Gasteiger partial charge in [-0.1, -0.05) is 35.0 Å². The molecular formula is C14H13ClN6O2.